The lowest BCUT2D eigenvalue weighted by Gasteiger charge is -2.02. The van der Waals surface area contributed by atoms with Crippen LogP contribution in [0.25, 0.3) is 0 Å². The summed E-state index contributed by atoms with van der Waals surface area (Å²) in [6.07, 6.45) is -1.03. The van der Waals surface area contributed by atoms with Crippen molar-refractivity contribution in [2.24, 2.45) is 5.73 Å². The van der Waals surface area contributed by atoms with Crippen molar-refractivity contribution in [3.8, 4) is 0 Å². The first kappa shape index (κ1) is 8.27. The van der Waals surface area contributed by atoms with Gasteiger partial charge in [-0.05, 0) is 19.9 Å². The molecule has 0 aliphatic heterocycles. The van der Waals surface area contributed by atoms with Crippen LogP contribution < -0.4 is 5.73 Å². The van der Waals surface area contributed by atoms with Gasteiger partial charge in [0.05, 0.1) is 0 Å². The molecule has 1 aromatic rings. The molecule has 0 spiro atoms. The van der Waals surface area contributed by atoms with E-state index in [0.29, 0.717) is 5.56 Å². The summed E-state index contributed by atoms with van der Waals surface area (Å²) >= 11 is 0. The van der Waals surface area contributed by atoms with Gasteiger partial charge in [-0.1, -0.05) is 0 Å². The summed E-state index contributed by atoms with van der Waals surface area (Å²) in [5.41, 5.74) is 7.73. The van der Waals surface area contributed by atoms with Gasteiger partial charge in [0.2, 0.25) is 0 Å². The molecule has 0 saturated heterocycles. The van der Waals surface area contributed by atoms with Crippen molar-refractivity contribution in [3.05, 3.63) is 23.0 Å². The number of hydrogen-bond acceptors (Lipinski definition) is 1. The highest BCUT2D eigenvalue weighted by molar-refractivity contribution is 5.26. The number of halogens is 1. The van der Waals surface area contributed by atoms with Crippen molar-refractivity contribution in [1.82, 2.24) is 4.98 Å². The summed E-state index contributed by atoms with van der Waals surface area (Å²) in [5, 5.41) is 0. The van der Waals surface area contributed by atoms with Gasteiger partial charge in [-0.3, -0.25) is 0 Å². The van der Waals surface area contributed by atoms with Crippen molar-refractivity contribution in [2.45, 2.75) is 20.0 Å². The highest BCUT2D eigenvalue weighted by atomic mass is 19.1. The number of aromatic nitrogens is 1. The Kier molecular flexibility index (Phi) is 2.29. The van der Waals surface area contributed by atoms with Crippen LogP contribution in [-0.2, 0) is 0 Å². The second-order valence-corrected chi connectivity index (χ2v) is 2.74. The van der Waals surface area contributed by atoms with Gasteiger partial charge in [-0.15, -0.1) is 0 Å². The molecule has 62 valence electrons. The Bertz CT molecular complexity index is 242. The first-order valence-electron chi connectivity index (χ1n) is 3.65. The zero-order valence-electron chi connectivity index (χ0n) is 6.82. The van der Waals surface area contributed by atoms with Crippen molar-refractivity contribution in [3.63, 3.8) is 0 Å². The topological polar surface area (TPSA) is 41.8 Å². The average Bonchev–Trinajstić information content (AvgIpc) is 2.28. The number of nitrogens with one attached hydrogen (secondary N) is 1. The third kappa shape index (κ3) is 1.60. The fraction of sp³-hybridized carbons (Fsp3) is 0.500. The van der Waals surface area contributed by atoms with E-state index in [1.807, 2.05) is 13.8 Å². The van der Waals surface area contributed by atoms with E-state index in [9.17, 15) is 4.39 Å². The molecule has 0 saturated carbocycles. The smallest absolute Gasteiger partial charge is 0.139 e. The quantitative estimate of drug-likeness (QED) is 0.671. The number of rotatable bonds is 2. The minimum absolute atomic E-state index is 0.0537. The first-order valence-corrected chi connectivity index (χ1v) is 3.65. The van der Waals surface area contributed by atoms with E-state index in [2.05, 4.69) is 4.98 Å². The summed E-state index contributed by atoms with van der Waals surface area (Å²) in [7, 11) is 0. The van der Waals surface area contributed by atoms with Crippen LogP contribution in [0.15, 0.2) is 6.07 Å². The number of H-pyrrole nitrogens is 1. The number of hydrogen-bond donors (Lipinski definition) is 2. The molecule has 0 aliphatic carbocycles. The highest BCUT2D eigenvalue weighted by Gasteiger charge is 2.11. The standard InChI is InChI=1S/C8H13FN2/c1-5-3-7(6(2)11-5)8(9)4-10/h3,8,11H,4,10H2,1-2H3. The third-order valence-corrected chi connectivity index (χ3v) is 1.73. The van der Waals surface area contributed by atoms with E-state index in [0.717, 1.165) is 11.4 Å². The molecule has 0 aromatic carbocycles. The Morgan fingerprint density at radius 2 is 2.27 bits per heavy atom. The summed E-state index contributed by atoms with van der Waals surface area (Å²) in [6.45, 7) is 3.81. The fourth-order valence-electron chi connectivity index (χ4n) is 1.20. The molecular weight excluding hydrogens is 143 g/mol. The molecular formula is C8H13FN2. The summed E-state index contributed by atoms with van der Waals surface area (Å²) in [4.78, 5) is 3.03. The maximum absolute atomic E-state index is 13.0. The van der Waals surface area contributed by atoms with E-state index in [1.54, 1.807) is 6.07 Å². The maximum Gasteiger partial charge on any atom is 0.139 e. The molecule has 1 heterocycles. The van der Waals surface area contributed by atoms with Gasteiger partial charge >= 0.3 is 0 Å². The van der Waals surface area contributed by atoms with Gasteiger partial charge in [0.25, 0.3) is 0 Å². The molecule has 3 heteroatoms. The van der Waals surface area contributed by atoms with Crippen LogP contribution >= 0.6 is 0 Å². The predicted molar refractivity (Wildman–Crippen MR) is 43.2 cm³/mol. The van der Waals surface area contributed by atoms with Crippen LogP contribution in [0, 0.1) is 13.8 Å². The van der Waals surface area contributed by atoms with Gasteiger partial charge < -0.3 is 10.7 Å². The SMILES string of the molecule is Cc1cc(C(F)CN)c(C)[nH]1. The lowest BCUT2D eigenvalue weighted by atomic mass is 10.1. The molecule has 1 unspecified atom stereocenters. The summed E-state index contributed by atoms with van der Waals surface area (Å²) < 4.78 is 13.0. The molecule has 2 nitrogen and oxygen atoms in total. The molecule has 0 radical (unpaired) electrons. The van der Waals surface area contributed by atoms with Crippen molar-refractivity contribution in [1.29, 1.82) is 0 Å². The molecule has 1 atom stereocenters. The molecule has 0 fully saturated rings. The molecule has 1 aromatic heterocycles. The molecule has 0 aliphatic rings. The van der Waals surface area contributed by atoms with E-state index in [4.69, 9.17) is 5.73 Å². The average molecular weight is 156 g/mol. The number of aromatic amines is 1. The Hall–Kier alpha value is -0.830. The van der Waals surface area contributed by atoms with Gasteiger partial charge in [-0.2, -0.15) is 0 Å². The Morgan fingerprint density at radius 3 is 2.64 bits per heavy atom. The van der Waals surface area contributed by atoms with Crippen LogP contribution in [0.1, 0.15) is 23.1 Å². The van der Waals surface area contributed by atoms with E-state index >= 15 is 0 Å². The van der Waals surface area contributed by atoms with Gasteiger partial charge in [0, 0.05) is 23.5 Å². The predicted octanol–water partition coefficient (Wildman–Crippen LogP) is 1.60. The maximum atomic E-state index is 13.0. The van der Waals surface area contributed by atoms with Gasteiger partial charge in [0.1, 0.15) is 6.17 Å². The monoisotopic (exact) mass is 156 g/mol. The molecule has 11 heavy (non-hydrogen) atoms. The molecule has 0 bridgehead atoms. The largest absolute Gasteiger partial charge is 0.362 e. The Labute approximate surface area is 65.6 Å². The van der Waals surface area contributed by atoms with Gasteiger partial charge in [-0.25, -0.2) is 4.39 Å². The lowest BCUT2D eigenvalue weighted by Crippen LogP contribution is -2.07. The second kappa shape index (κ2) is 3.05. The lowest BCUT2D eigenvalue weighted by molar-refractivity contribution is 0.352. The van der Waals surface area contributed by atoms with Crippen LogP contribution in [0.2, 0.25) is 0 Å². The molecule has 1 rings (SSSR count). The van der Waals surface area contributed by atoms with Crippen LogP contribution in [0.5, 0.6) is 0 Å². The molecule has 3 N–H and O–H groups in total. The van der Waals surface area contributed by atoms with Crippen LogP contribution in [0.4, 0.5) is 4.39 Å². The summed E-state index contributed by atoms with van der Waals surface area (Å²) in [5.74, 6) is 0. The third-order valence-electron chi connectivity index (χ3n) is 1.73. The van der Waals surface area contributed by atoms with Crippen LogP contribution in [-0.4, -0.2) is 11.5 Å². The van der Waals surface area contributed by atoms with E-state index < -0.39 is 6.17 Å². The number of nitrogens with two attached hydrogens (primary N) is 1. The second-order valence-electron chi connectivity index (χ2n) is 2.74. The van der Waals surface area contributed by atoms with Crippen molar-refractivity contribution >= 4 is 0 Å². The highest BCUT2D eigenvalue weighted by Crippen LogP contribution is 2.20. The van der Waals surface area contributed by atoms with Crippen molar-refractivity contribution in [2.75, 3.05) is 6.54 Å². The zero-order valence-corrected chi connectivity index (χ0v) is 6.82. The first-order chi connectivity index (χ1) is 5.15. The van der Waals surface area contributed by atoms with E-state index in [1.165, 1.54) is 0 Å². The minimum Gasteiger partial charge on any atom is -0.362 e. The Balaban J connectivity index is 2.93. The fourth-order valence-corrected chi connectivity index (χ4v) is 1.20. The van der Waals surface area contributed by atoms with Crippen molar-refractivity contribution < 1.29 is 4.39 Å². The zero-order chi connectivity index (χ0) is 8.43. The number of aryl methyl sites for hydroxylation is 2. The van der Waals surface area contributed by atoms with Gasteiger partial charge in [0.15, 0.2) is 0 Å². The number of alkyl halides is 1. The normalized spacial score (nSPS) is 13.5. The molecule has 0 amide bonds. The Morgan fingerprint density at radius 1 is 1.64 bits per heavy atom. The van der Waals surface area contributed by atoms with E-state index in [-0.39, 0.29) is 6.54 Å². The summed E-state index contributed by atoms with van der Waals surface area (Å²) in [6, 6.07) is 1.80. The minimum atomic E-state index is -1.03. The van der Waals surface area contributed by atoms with Crippen LogP contribution in [0.3, 0.4) is 0 Å².